The zero-order valence-electron chi connectivity index (χ0n) is 13.9. The summed E-state index contributed by atoms with van der Waals surface area (Å²) < 4.78 is 7.46. The number of nitrogens with zero attached hydrogens (tertiary/aromatic N) is 3. The van der Waals surface area contributed by atoms with Gasteiger partial charge in [0.15, 0.2) is 16.7 Å². The Labute approximate surface area is 141 Å². The molecular formula is C16H24N4O2S. The molecule has 1 amide bonds. The Morgan fingerprint density at radius 2 is 2.26 bits per heavy atom. The van der Waals surface area contributed by atoms with Crippen molar-refractivity contribution >= 4 is 17.7 Å². The summed E-state index contributed by atoms with van der Waals surface area (Å²) in [6.07, 6.45) is 3.70. The number of hydrogen-bond acceptors (Lipinski definition) is 5. The summed E-state index contributed by atoms with van der Waals surface area (Å²) in [4.78, 5) is 11.9. The Morgan fingerprint density at radius 3 is 2.91 bits per heavy atom. The van der Waals surface area contributed by atoms with Crippen LogP contribution in [0.2, 0.25) is 0 Å². The molecule has 7 heteroatoms. The van der Waals surface area contributed by atoms with Crippen LogP contribution in [0.3, 0.4) is 0 Å². The smallest absolute Gasteiger partial charge is 0.230 e. The quantitative estimate of drug-likeness (QED) is 0.562. The van der Waals surface area contributed by atoms with E-state index >= 15 is 0 Å². The second-order valence-electron chi connectivity index (χ2n) is 5.78. The number of hydrogen-bond donors (Lipinski definition) is 1. The molecule has 0 saturated heterocycles. The van der Waals surface area contributed by atoms with Crippen LogP contribution in [-0.2, 0) is 11.3 Å². The van der Waals surface area contributed by atoms with Crippen molar-refractivity contribution < 1.29 is 9.21 Å². The lowest BCUT2D eigenvalue weighted by molar-refractivity contribution is -0.118. The first kappa shape index (κ1) is 17.6. The topological polar surface area (TPSA) is 73.0 Å². The van der Waals surface area contributed by atoms with Crippen LogP contribution in [0.1, 0.15) is 33.6 Å². The van der Waals surface area contributed by atoms with Crippen molar-refractivity contribution in [3.8, 4) is 11.6 Å². The van der Waals surface area contributed by atoms with Crippen molar-refractivity contribution in [2.45, 2.75) is 45.3 Å². The standard InChI is InChI=1S/C16H24N4O2S/c1-4-5-8-17-14(21)11-23-16-19-18-15(13-7-6-9-22-13)20(16)10-12(2)3/h6-7,9,12H,4-5,8,10-11H2,1-3H3,(H,17,21). The van der Waals surface area contributed by atoms with Gasteiger partial charge in [-0.3, -0.25) is 9.36 Å². The van der Waals surface area contributed by atoms with E-state index in [1.54, 1.807) is 6.26 Å². The van der Waals surface area contributed by atoms with Gasteiger partial charge in [-0.25, -0.2) is 0 Å². The fourth-order valence-electron chi connectivity index (χ4n) is 2.10. The Morgan fingerprint density at radius 1 is 1.43 bits per heavy atom. The third kappa shape index (κ3) is 5.13. The molecule has 0 aliphatic carbocycles. The van der Waals surface area contributed by atoms with Crippen molar-refractivity contribution in [2.75, 3.05) is 12.3 Å². The summed E-state index contributed by atoms with van der Waals surface area (Å²) >= 11 is 1.41. The summed E-state index contributed by atoms with van der Waals surface area (Å²) in [5.74, 6) is 2.22. The average molecular weight is 336 g/mol. The number of unbranched alkanes of at least 4 members (excludes halogenated alkanes) is 1. The highest BCUT2D eigenvalue weighted by atomic mass is 32.2. The van der Waals surface area contributed by atoms with E-state index < -0.39 is 0 Å². The number of aromatic nitrogens is 3. The van der Waals surface area contributed by atoms with E-state index in [9.17, 15) is 4.79 Å². The van der Waals surface area contributed by atoms with E-state index in [1.165, 1.54) is 11.8 Å². The molecule has 0 spiro atoms. The van der Waals surface area contributed by atoms with Crippen molar-refractivity contribution in [2.24, 2.45) is 5.92 Å². The zero-order valence-corrected chi connectivity index (χ0v) is 14.7. The zero-order chi connectivity index (χ0) is 16.7. The van der Waals surface area contributed by atoms with Gasteiger partial charge in [-0.1, -0.05) is 39.0 Å². The Hall–Kier alpha value is -1.76. The van der Waals surface area contributed by atoms with Gasteiger partial charge in [-0.15, -0.1) is 10.2 Å². The third-order valence-electron chi connectivity index (χ3n) is 3.19. The molecule has 0 aliphatic rings. The van der Waals surface area contributed by atoms with E-state index in [0.717, 1.165) is 31.1 Å². The molecule has 0 aromatic carbocycles. The molecule has 126 valence electrons. The number of carbonyl (C=O) groups is 1. The van der Waals surface area contributed by atoms with Gasteiger partial charge >= 0.3 is 0 Å². The highest BCUT2D eigenvalue weighted by Crippen LogP contribution is 2.25. The van der Waals surface area contributed by atoms with E-state index in [0.29, 0.717) is 23.3 Å². The van der Waals surface area contributed by atoms with Gasteiger partial charge in [0, 0.05) is 13.1 Å². The minimum atomic E-state index is 0.0297. The van der Waals surface area contributed by atoms with Crippen LogP contribution in [0.5, 0.6) is 0 Å². The number of amides is 1. The minimum Gasteiger partial charge on any atom is -0.461 e. The Bertz CT molecular complexity index is 608. The maximum Gasteiger partial charge on any atom is 0.230 e. The summed E-state index contributed by atoms with van der Waals surface area (Å²) in [5, 5.41) is 12.1. The first-order valence-corrected chi connectivity index (χ1v) is 8.97. The molecule has 1 N–H and O–H groups in total. The molecule has 2 aromatic rings. The molecule has 0 aliphatic heterocycles. The van der Waals surface area contributed by atoms with Gasteiger partial charge in [-0.05, 0) is 24.5 Å². The van der Waals surface area contributed by atoms with Gasteiger partial charge in [0.05, 0.1) is 12.0 Å². The van der Waals surface area contributed by atoms with Crippen molar-refractivity contribution in [1.29, 1.82) is 0 Å². The summed E-state index contributed by atoms with van der Waals surface area (Å²) in [6, 6.07) is 3.70. The lowest BCUT2D eigenvalue weighted by atomic mass is 10.2. The SMILES string of the molecule is CCCCNC(=O)CSc1nnc(-c2ccco2)n1CC(C)C. The van der Waals surface area contributed by atoms with E-state index in [1.807, 2.05) is 16.7 Å². The van der Waals surface area contributed by atoms with E-state index in [4.69, 9.17) is 4.42 Å². The number of furan rings is 1. The first-order chi connectivity index (χ1) is 11.1. The molecule has 2 heterocycles. The highest BCUT2D eigenvalue weighted by Gasteiger charge is 2.18. The number of carbonyl (C=O) groups excluding carboxylic acids is 1. The molecule has 0 atom stereocenters. The first-order valence-electron chi connectivity index (χ1n) is 7.98. The van der Waals surface area contributed by atoms with Gasteiger partial charge in [0.1, 0.15) is 0 Å². The molecule has 0 unspecified atom stereocenters. The molecule has 0 saturated carbocycles. The number of nitrogens with one attached hydrogen (secondary N) is 1. The second-order valence-corrected chi connectivity index (χ2v) is 6.72. The molecule has 2 rings (SSSR count). The lowest BCUT2D eigenvalue weighted by Crippen LogP contribution is -2.26. The van der Waals surface area contributed by atoms with Crippen LogP contribution in [0.4, 0.5) is 0 Å². The van der Waals surface area contributed by atoms with Crippen LogP contribution in [0.15, 0.2) is 28.0 Å². The lowest BCUT2D eigenvalue weighted by Gasteiger charge is -2.11. The largest absolute Gasteiger partial charge is 0.461 e. The third-order valence-corrected chi connectivity index (χ3v) is 4.16. The molecule has 2 aromatic heterocycles. The van der Waals surface area contributed by atoms with Gasteiger partial charge in [0.2, 0.25) is 5.91 Å². The minimum absolute atomic E-state index is 0.0297. The summed E-state index contributed by atoms with van der Waals surface area (Å²) in [6.45, 7) is 7.89. The predicted molar refractivity (Wildman–Crippen MR) is 91.2 cm³/mol. The molecule has 0 fully saturated rings. The summed E-state index contributed by atoms with van der Waals surface area (Å²) in [7, 11) is 0. The van der Waals surface area contributed by atoms with Gasteiger partial charge < -0.3 is 9.73 Å². The predicted octanol–water partition coefficient (Wildman–Crippen LogP) is 3.20. The monoisotopic (exact) mass is 336 g/mol. The number of thioether (sulfide) groups is 1. The second kappa shape index (κ2) is 8.76. The van der Waals surface area contributed by atoms with Crippen molar-refractivity contribution in [3.05, 3.63) is 18.4 Å². The van der Waals surface area contributed by atoms with Gasteiger partial charge in [0.25, 0.3) is 0 Å². The average Bonchev–Trinajstić information content (AvgIpc) is 3.14. The van der Waals surface area contributed by atoms with Crippen LogP contribution >= 0.6 is 11.8 Å². The van der Waals surface area contributed by atoms with E-state index in [-0.39, 0.29) is 5.91 Å². The van der Waals surface area contributed by atoms with Crippen LogP contribution in [0, 0.1) is 5.92 Å². The molecule has 6 nitrogen and oxygen atoms in total. The van der Waals surface area contributed by atoms with Crippen LogP contribution in [-0.4, -0.2) is 33.0 Å². The molecule has 0 radical (unpaired) electrons. The van der Waals surface area contributed by atoms with Gasteiger partial charge in [-0.2, -0.15) is 0 Å². The van der Waals surface area contributed by atoms with Crippen molar-refractivity contribution in [3.63, 3.8) is 0 Å². The maximum absolute atomic E-state index is 11.9. The fourth-order valence-corrected chi connectivity index (χ4v) is 2.88. The van der Waals surface area contributed by atoms with E-state index in [2.05, 4.69) is 36.3 Å². The molecule has 23 heavy (non-hydrogen) atoms. The fraction of sp³-hybridized carbons (Fsp3) is 0.562. The Kier molecular flexibility index (Phi) is 6.70. The Balaban J connectivity index is 2.05. The molecular weight excluding hydrogens is 312 g/mol. The maximum atomic E-state index is 11.9. The summed E-state index contributed by atoms with van der Waals surface area (Å²) in [5.41, 5.74) is 0. The normalized spacial score (nSPS) is 11.1. The van der Waals surface area contributed by atoms with Crippen LogP contribution in [0.25, 0.3) is 11.6 Å². The highest BCUT2D eigenvalue weighted by molar-refractivity contribution is 7.99. The number of rotatable bonds is 9. The van der Waals surface area contributed by atoms with Crippen LogP contribution < -0.4 is 5.32 Å². The molecule has 0 bridgehead atoms. The van der Waals surface area contributed by atoms with Crippen molar-refractivity contribution in [1.82, 2.24) is 20.1 Å².